The number of carbonyl (C=O) groups is 1. The topological polar surface area (TPSA) is 69.6 Å². The number of phenolic OH excluding ortho intramolecular Hbond substituents is 2. The molecule has 0 spiro atoms. The molecule has 0 radical (unpaired) electrons. The zero-order chi connectivity index (χ0) is 14.5. The Bertz CT molecular complexity index is 585. The van der Waals surface area contributed by atoms with Gasteiger partial charge in [-0.15, -0.1) is 0 Å². The average molecular weight is 271 g/mol. The number of anilines is 1. The van der Waals surface area contributed by atoms with Crippen LogP contribution in [0.3, 0.4) is 0 Å². The van der Waals surface area contributed by atoms with Crippen molar-refractivity contribution in [2.75, 3.05) is 5.32 Å². The van der Waals surface area contributed by atoms with Crippen molar-refractivity contribution >= 4 is 11.6 Å². The molecular formula is C16H17NO3. The van der Waals surface area contributed by atoms with Gasteiger partial charge in [0, 0.05) is 17.3 Å². The number of amides is 1. The third-order valence-corrected chi connectivity index (χ3v) is 2.92. The van der Waals surface area contributed by atoms with E-state index < -0.39 is 0 Å². The quantitative estimate of drug-likeness (QED) is 0.799. The maximum absolute atomic E-state index is 12.0. The predicted molar refractivity (Wildman–Crippen MR) is 78.2 cm³/mol. The van der Waals surface area contributed by atoms with Gasteiger partial charge in [-0.1, -0.05) is 25.5 Å². The molecule has 0 atom stereocenters. The normalized spacial score (nSPS) is 10.2. The lowest BCUT2D eigenvalue weighted by Crippen LogP contribution is -2.11. The average Bonchev–Trinajstić information content (AvgIpc) is 2.40. The summed E-state index contributed by atoms with van der Waals surface area (Å²) in [6.45, 7) is 2.12. The lowest BCUT2D eigenvalue weighted by atomic mass is 10.1. The van der Waals surface area contributed by atoms with Crippen molar-refractivity contribution in [1.82, 2.24) is 0 Å². The molecule has 0 aromatic heterocycles. The maximum atomic E-state index is 12.0. The highest BCUT2D eigenvalue weighted by Crippen LogP contribution is 2.21. The number of nitrogens with one attached hydrogen (secondary N) is 1. The molecular weight excluding hydrogens is 254 g/mol. The summed E-state index contributed by atoms with van der Waals surface area (Å²) in [6.07, 6.45) is 2.09. The molecule has 4 nitrogen and oxygen atoms in total. The van der Waals surface area contributed by atoms with E-state index in [1.54, 1.807) is 0 Å². The first-order valence-electron chi connectivity index (χ1n) is 6.52. The van der Waals surface area contributed by atoms with Gasteiger partial charge in [0.1, 0.15) is 11.5 Å². The number of carbonyl (C=O) groups excluding carboxylic acids is 1. The Labute approximate surface area is 117 Å². The van der Waals surface area contributed by atoms with Gasteiger partial charge in [0.05, 0.1) is 0 Å². The standard InChI is InChI=1S/C16H17NO3/c1-2-3-11-4-6-13(7-5-11)17-16(20)12-8-14(18)10-15(19)9-12/h4-10,18-19H,2-3H2,1H3,(H,17,20). The Hall–Kier alpha value is -2.49. The zero-order valence-corrected chi connectivity index (χ0v) is 11.3. The third-order valence-electron chi connectivity index (χ3n) is 2.92. The molecule has 2 aromatic rings. The molecule has 104 valence electrons. The highest BCUT2D eigenvalue weighted by Gasteiger charge is 2.08. The fourth-order valence-electron chi connectivity index (χ4n) is 1.97. The van der Waals surface area contributed by atoms with Crippen LogP contribution in [-0.4, -0.2) is 16.1 Å². The first-order chi connectivity index (χ1) is 9.58. The van der Waals surface area contributed by atoms with Crippen LogP contribution in [-0.2, 0) is 6.42 Å². The second-order valence-electron chi connectivity index (χ2n) is 4.64. The van der Waals surface area contributed by atoms with E-state index in [4.69, 9.17) is 0 Å². The first-order valence-corrected chi connectivity index (χ1v) is 6.52. The summed E-state index contributed by atoms with van der Waals surface area (Å²) in [5.74, 6) is -0.665. The fourth-order valence-corrected chi connectivity index (χ4v) is 1.97. The maximum Gasteiger partial charge on any atom is 0.255 e. The van der Waals surface area contributed by atoms with Crippen LogP contribution in [0.2, 0.25) is 0 Å². The van der Waals surface area contributed by atoms with E-state index in [0.29, 0.717) is 5.69 Å². The minimum atomic E-state index is -0.376. The van der Waals surface area contributed by atoms with E-state index in [9.17, 15) is 15.0 Å². The van der Waals surface area contributed by atoms with E-state index in [0.717, 1.165) is 12.8 Å². The van der Waals surface area contributed by atoms with Crippen molar-refractivity contribution in [3.05, 3.63) is 53.6 Å². The summed E-state index contributed by atoms with van der Waals surface area (Å²) >= 11 is 0. The fraction of sp³-hybridized carbons (Fsp3) is 0.188. The highest BCUT2D eigenvalue weighted by atomic mass is 16.3. The van der Waals surface area contributed by atoms with Crippen molar-refractivity contribution in [1.29, 1.82) is 0 Å². The van der Waals surface area contributed by atoms with Crippen LogP contribution in [0.4, 0.5) is 5.69 Å². The van der Waals surface area contributed by atoms with Gasteiger partial charge in [0.25, 0.3) is 5.91 Å². The predicted octanol–water partition coefficient (Wildman–Crippen LogP) is 3.30. The second kappa shape index (κ2) is 6.10. The Morgan fingerprint density at radius 1 is 1.05 bits per heavy atom. The van der Waals surface area contributed by atoms with Crippen LogP contribution < -0.4 is 5.32 Å². The van der Waals surface area contributed by atoms with Crippen LogP contribution in [0, 0.1) is 0 Å². The molecule has 4 heteroatoms. The van der Waals surface area contributed by atoms with Gasteiger partial charge in [-0.25, -0.2) is 0 Å². The van der Waals surface area contributed by atoms with Crippen LogP contribution in [0.15, 0.2) is 42.5 Å². The highest BCUT2D eigenvalue weighted by molar-refractivity contribution is 6.04. The molecule has 0 fully saturated rings. The van der Waals surface area contributed by atoms with Gasteiger partial charge in [-0.3, -0.25) is 4.79 Å². The third kappa shape index (κ3) is 3.51. The minimum absolute atomic E-state index is 0.145. The number of benzene rings is 2. The van der Waals surface area contributed by atoms with Gasteiger partial charge in [-0.05, 0) is 36.2 Å². The summed E-state index contributed by atoms with van der Waals surface area (Å²) in [5.41, 5.74) is 2.11. The molecule has 0 aliphatic rings. The van der Waals surface area contributed by atoms with Gasteiger partial charge in [0.2, 0.25) is 0 Å². The number of hydrogen-bond donors (Lipinski definition) is 3. The van der Waals surface area contributed by atoms with E-state index in [1.165, 1.54) is 23.8 Å². The molecule has 0 heterocycles. The smallest absolute Gasteiger partial charge is 0.255 e. The van der Waals surface area contributed by atoms with Crippen LogP contribution in [0.5, 0.6) is 11.5 Å². The molecule has 1 amide bonds. The number of phenols is 2. The SMILES string of the molecule is CCCc1ccc(NC(=O)c2cc(O)cc(O)c2)cc1. The molecule has 0 saturated carbocycles. The van der Waals surface area contributed by atoms with E-state index >= 15 is 0 Å². The molecule has 0 aliphatic heterocycles. The first kappa shape index (κ1) is 13.9. The van der Waals surface area contributed by atoms with Crippen LogP contribution in [0.1, 0.15) is 29.3 Å². The van der Waals surface area contributed by atoms with E-state index in [-0.39, 0.29) is 23.0 Å². The molecule has 0 bridgehead atoms. The van der Waals surface area contributed by atoms with Gasteiger partial charge >= 0.3 is 0 Å². The molecule has 2 rings (SSSR count). The molecule has 0 aliphatic carbocycles. The van der Waals surface area contributed by atoms with Crippen molar-refractivity contribution < 1.29 is 15.0 Å². The largest absolute Gasteiger partial charge is 0.508 e. The zero-order valence-electron chi connectivity index (χ0n) is 11.3. The van der Waals surface area contributed by atoms with Crippen molar-refractivity contribution in [2.24, 2.45) is 0 Å². The molecule has 0 unspecified atom stereocenters. The van der Waals surface area contributed by atoms with Crippen molar-refractivity contribution in [2.45, 2.75) is 19.8 Å². The number of hydrogen-bond acceptors (Lipinski definition) is 3. The summed E-state index contributed by atoms with van der Waals surface area (Å²) < 4.78 is 0. The second-order valence-corrected chi connectivity index (χ2v) is 4.64. The summed E-state index contributed by atoms with van der Waals surface area (Å²) in [6, 6.07) is 11.4. The van der Waals surface area contributed by atoms with Gasteiger partial charge in [0.15, 0.2) is 0 Å². The van der Waals surface area contributed by atoms with Crippen LogP contribution >= 0.6 is 0 Å². The lowest BCUT2D eigenvalue weighted by molar-refractivity contribution is 0.102. The van der Waals surface area contributed by atoms with Crippen molar-refractivity contribution in [3.63, 3.8) is 0 Å². The van der Waals surface area contributed by atoms with Gasteiger partial charge in [-0.2, -0.15) is 0 Å². The minimum Gasteiger partial charge on any atom is -0.508 e. The monoisotopic (exact) mass is 271 g/mol. The van der Waals surface area contributed by atoms with Crippen LogP contribution in [0.25, 0.3) is 0 Å². The Kier molecular flexibility index (Phi) is 4.25. The molecule has 20 heavy (non-hydrogen) atoms. The lowest BCUT2D eigenvalue weighted by Gasteiger charge is -2.07. The number of rotatable bonds is 4. The Balaban J connectivity index is 2.10. The molecule has 0 saturated heterocycles. The number of aromatic hydroxyl groups is 2. The van der Waals surface area contributed by atoms with Crippen molar-refractivity contribution in [3.8, 4) is 11.5 Å². The molecule has 2 aromatic carbocycles. The van der Waals surface area contributed by atoms with E-state index in [2.05, 4.69) is 12.2 Å². The Morgan fingerprint density at radius 3 is 2.20 bits per heavy atom. The molecule has 3 N–H and O–H groups in total. The van der Waals surface area contributed by atoms with Gasteiger partial charge < -0.3 is 15.5 Å². The summed E-state index contributed by atoms with van der Waals surface area (Å²) in [7, 11) is 0. The summed E-state index contributed by atoms with van der Waals surface area (Å²) in [4.78, 5) is 12.0. The Morgan fingerprint density at radius 2 is 1.65 bits per heavy atom. The summed E-state index contributed by atoms with van der Waals surface area (Å²) in [5, 5.41) is 21.4. The van der Waals surface area contributed by atoms with E-state index in [1.807, 2.05) is 24.3 Å². The number of aryl methyl sites for hydroxylation is 1.